The molecule has 0 saturated heterocycles. The standard InChI is InChI=1S/C21H29NO3/c1-5-24-20-8-6-7-9-21(20)25-13-12-22-17(3)15-18-10-11-19(23-4)16(2)14-18/h6-11,14,17,22H,5,12-13,15H2,1-4H3. The molecule has 1 N–H and O–H groups in total. The Morgan fingerprint density at radius 1 is 1.00 bits per heavy atom. The fraction of sp³-hybridized carbons (Fsp3) is 0.429. The first-order valence-corrected chi connectivity index (χ1v) is 8.85. The van der Waals surface area contributed by atoms with Crippen LogP contribution in [0.3, 0.4) is 0 Å². The third-order valence-electron chi connectivity index (χ3n) is 4.00. The van der Waals surface area contributed by atoms with Crippen molar-refractivity contribution in [2.24, 2.45) is 0 Å². The molecule has 0 heterocycles. The molecule has 0 amide bonds. The smallest absolute Gasteiger partial charge is 0.161 e. The maximum absolute atomic E-state index is 5.84. The van der Waals surface area contributed by atoms with Gasteiger partial charge in [-0.1, -0.05) is 24.3 Å². The lowest BCUT2D eigenvalue weighted by Gasteiger charge is -2.16. The number of para-hydroxylation sites is 2. The van der Waals surface area contributed by atoms with Gasteiger partial charge in [-0.15, -0.1) is 0 Å². The Bertz CT molecular complexity index is 657. The monoisotopic (exact) mass is 343 g/mol. The molecule has 136 valence electrons. The molecule has 0 radical (unpaired) electrons. The minimum atomic E-state index is 0.374. The minimum absolute atomic E-state index is 0.374. The van der Waals surface area contributed by atoms with Gasteiger partial charge in [-0.3, -0.25) is 0 Å². The van der Waals surface area contributed by atoms with Crippen LogP contribution in [0.2, 0.25) is 0 Å². The van der Waals surface area contributed by atoms with Gasteiger partial charge < -0.3 is 19.5 Å². The topological polar surface area (TPSA) is 39.7 Å². The first kappa shape index (κ1) is 19.1. The summed E-state index contributed by atoms with van der Waals surface area (Å²) in [5, 5.41) is 3.50. The van der Waals surface area contributed by atoms with E-state index in [0.717, 1.165) is 30.2 Å². The van der Waals surface area contributed by atoms with Crippen molar-refractivity contribution in [1.29, 1.82) is 0 Å². The number of nitrogens with one attached hydrogen (secondary N) is 1. The van der Waals surface area contributed by atoms with E-state index in [1.54, 1.807) is 7.11 Å². The first-order valence-electron chi connectivity index (χ1n) is 8.85. The van der Waals surface area contributed by atoms with Gasteiger partial charge >= 0.3 is 0 Å². The second kappa shape index (κ2) is 9.94. The van der Waals surface area contributed by atoms with Crippen molar-refractivity contribution in [3.63, 3.8) is 0 Å². The predicted molar refractivity (Wildman–Crippen MR) is 102 cm³/mol. The molecular weight excluding hydrogens is 314 g/mol. The summed E-state index contributed by atoms with van der Waals surface area (Å²) in [6.07, 6.45) is 0.973. The summed E-state index contributed by atoms with van der Waals surface area (Å²) in [4.78, 5) is 0. The molecule has 0 spiro atoms. The summed E-state index contributed by atoms with van der Waals surface area (Å²) in [5.74, 6) is 2.53. The molecule has 0 aliphatic rings. The van der Waals surface area contributed by atoms with Crippen LogP contribution in [0.25, 0.3) is 0 Å². The van der Waals surface area contributed by atoms with Crippen molar-refractivity contribution in [3.05, 3.63) is 53.6 Å². The van der Waals surface area contributed by atoms with Crippen molar-refractivity contribution in [2.45, 2.75) is 33.2 Å². The van der Waals surface area contributed by atoms with Gasteiger partial charge in [-0.2, -0.15) is 0 Å². The Balaban J connectivity index is 1.75. The Kier molecular flexibility index (Phi) is 7.61. The molecule has 0 aliphatic carbocycles. The highest BCUT2D eigenvalue weighted by Gasteiger charge is 2.07. The fourth-order valence-electron chi connectivity index (χ4n) is 2.80. The molecule has 25 heavy (non-hydrogen) atoms. The van der Waals surface area contributed by atoms with Gasteiger partial charge in [0, 0.05) is 12.6 Å². The van der Waals surface area contributed by atoms with Crippen LogP contribution in [0.4, 0.5) is 0 Å². The van der Waals surface area contributed by atoms with E-state index in [-0.39, 0.29) is 0 Å². The van der Waals surface area contributed by atoms with Gasteiger partial charge in [0.2, 0.25) is 0 Å². The molecule has 4 nitrogen and oxygen atoms in total. The lowest BCUT2D eigenvalue weighted by Crippen LogP contribution is -2.31. The maximum atomic E-state index is 5.84. The number of hydrogen-bond acceptors (Lipinski definition) is 4. The van der Waals surface area contributed by atoms with Gasteiger partial charge in [0.25, 0.3) is 0 Å². The highest BCUT2D eigenvalue weighted by molar-refractivity contribution is 5.39. The van der Waals surface area contributed by atoms with Crippen LogP contribution in [0.15, 0.2) is 42.5 Å². The van der Waals surface area contributed by atoms with E-state index >= 15 is 0 Å². The van der Waals surface area contributed by atoms with E-state index < -0.39 is 0 Å². The second-order valence-corrected chi connectivity index (χ2v) is 6.09. The zero-order chi connectivity index (χ0) is 18.1. The SMILES string of the molecule is CCOc1ccccc1OCCNC(C)Cc1ccc(OC)c(C)c1. The van der Waals surface area contributed by atoms with Crippen molar-refractivity contribution < 1.29 is 14.2 Å². The quantitative estimate of drug-likeness (QED) is 0.662. The van der Waals surface area contributed by atoms with Crippen molar-refractivity contribution >= 4 is 0 Å². The number of hydrogen-bond donors (Lipinski definition) is 1. The molecule has 1 atom stereocenters. The normalized spacial score (nSPS) is 11.8. The largest absolute Gasteiger partial charge is 0.496 e. The fourth-order valence-corrected chi connectivity index (χ4v) is 2.80. The minimum Gasteiger partial charge on any atom is -0.496 e. The van der Waals surface area contributed by atoms with E-state index in [1.807, 2.05) is 37.3 Å². The molecule has 0 fully saturated rings. The number of benzene rings is 2. The van der Waals surface area contributed by atoms with Gasteiger partial charge in [0.15, 0.2) is 11.5 Å². The lowest BCUT2D eigenvalue weighted by molar-refractivity contribution is 0.272. The summed E-state index contributed by atoms with van der Waals surface area (Å²) in [7, 11) is 1.70. The first-order chi connectivity index (χ1) is 12.1. The van der Waals surface area contributed by atoms with Crippen LogP contribution >= 0.6 is 0 Å². The Hall–Kier alpha value is -2.20. The maximum Gasteiger partial charge on any atom is 0.161 e. The highest BCUT2D eigenvalue weighted by Crippen LogP contribution is 2.26. The Morgan fingerprint density at radius 3 is 2.36 bits per heavy atom. The number of ether oxygens (including phenoxy) is 3. The Labute approximate surface area is 151 Å². The molecule has 0 bridgehead atoms. The molecule has 4 heteroatoms. The van der Waals surface area contributed by atoms with Crippen LogP contribution < -0.4 is 19.5 Å². The molecular formula is C21H29NO3. The van der Waals surface area contributed by atoms with Crippen LogP contribution in [0.5, 0.6) is 17.2 Å². The van der Waals surface area contributed by atoms with E-state index in [1.165, 1.54) is 11.1 Å². The summed E-state index contributed by atoms with van der Waals surface area (Å²) >= 11 is 0. The van der Waals surface area contributed by atoms with Crippen molar-refractivity contribution in [2.75, 3.05) is 26.9 Å². The Morgan fingerprint density at radius 2 is 1.72 bits per heavy atom. The molecule has 2 rings (SSSR count). The van der Waals surface area contributed by atoms with E-state index in [2.05, 4.69) is 31.3 Å². The molecule has 0 aliphatic heterocycles. The van der Waals surface area contributed by atoms with Crippen LogP contribution in [-0.2, 0) is 6.42 Å². The van der Waals surface area contributed by atoms with E-state index in [9.17, 15) is 0 Å². The zero-order valence-electron chi connectivity index (χ0n) is 15.7. The summed E-state index contributed by atoms with van der Waals surface area (Å²) in [6.45, 7) is 8.27. The van der Waals surface area contributed by atoms with Crippen LogP contribution in [0.1, 0.15) is 25.0 Å². The van der Waals surface area contributed by atoms with Gasteiger partial charge in [0.1, 0.15) is 12.4 Å². The average molecular weight is 343 g/mol. The van der Waals surface area contributed by atoms with E-state index in [4.69, 9.17) is 14.2 Å². The number of aryl methyl sites for hydroxylation is 1. The van der Waals surface area contributed by atoms with Crippen LogP contribution in [-0.4, -0.2) is 32.9 Å². The highest BCUT2D eigenvalue weighted by atomic mass is 16.5. The van der Waals surface area contributed by atoms with Gasteiger partial charge in [-0.25, -0.2) is 0 Å². The number of methoxy groups -OCH3 is 1. The zero-order valence-corrected chi connectivity index (χ0v) is 15.7. The van der Waals surface area contributed by atoms with Crippen molar-refractivity contribution in [3.8, 4) is 17.2 Å². The van der Waals surface area contributed by atoms with Crippen LogP contribution in [0, 0.1) is 6.92 Å². The second-order valence-electron chi connectivity index (χ2n) is 6.09. The van der Waals surface area contributed by atoms with E-state index in [0.29, 0.717) is 19.3 Å². The molecule has 0 saturated carbocycles. The molecule has 0 aromatic heterocycles. The van der Waals surface area contributed by atoms with Gasteiger partial charge in [0.05, 0.1) is 13.7 Å². The molecule has 2 aromatic rings. The third kappa shape index (κ3) is 5.98. The average Bonchev–Trinajstić information content (AvgIpc) is 2.60. The summed E-state index contributed by atoms with van der Waals surface area (Å²) in [6, 6.07) is 14.5. The van der Waals surface area contributed by atoms with Crippen molar-refractivity contribution in [1.82, 2.24) is 5.32 Å². The molecule has 2 aromatic carbocycles. The summed E-state index contributed by atoms with van der Waals surface area (Å²) in [5.41, 5.74) is 2.48. The third-order valence-corrected chi connectivity index (χ3v) is 4.00. The number of rotatable bonds is 10. The predicted octanol–water partition coefficient (Wildman–Crippen LogP) is 4.00. The summed E-state index contributed by atoms with van der Waals surface area (Å²) < 4.78 is 16.7. The lowest BCUT2D eigenvalue weighted by atomic mass is 10.0. The van der Waals surface area contributed by atoms with Gasteiger partial charge in [-0.05, 0) is 56.5 Å². The molecule has 1 unspecified atom stereocenters.